The predicted octanol–water partition coefficient (Wildman–Crippen LogP) is 19.2. The molecule has 0 aromatic heterocycles. The molecule has 0 bridgehead atoms. The Morgan fingerprint density at radius 1 is 0.313 bits per heavy atom. The van der Waals surface area contributed by atoms with Gasteiger partial charge in [-0.1, -0.05) is 248 Å². The zero-order chi connectivity index (χ0) is 48.6. The molecule has 0 amide bonds. The van der Waals surface area contributed by atoms with Crippen molar-refractivity contribution < 1.29 is 28.6 Å². The molecule has 0 aliphatic carbocycles. The fourth-order valence-electron chi connectivity index (χ4n) is 8.19. The van der Waals surface area contributed by atoms with Crippen LogP contribution in [0.25, 0.3) is 0 Å². The quantitative estimate of drug-likeness (QED) is 0.0262. The van der Waals surface area contributed by atoms with E-state index < -0.39 is 6.10 Å². The maximum atomic E-state index is 12.8. The van der Waals surface area contributed by atoms with Crippen LogP contribution in [-0.2, 0) is 28.6 Å². The fourth-order valence-corrected chi connectivity index (χ4v) is 8.19. The fraction of sp³-hybridized carbons (Fsp3) is 0.787. The normalized spacial score (nSPS) is 12.5. The second kappa shape index (κ2) is 55.7. The number of esters is 3. The van der Waals surface area contributed by atoms with Gasteiger partial charge in [-0.2, -0.15) is 0 Å². The van der Waals surface area contributed by atoms with Gasteiger partial charge < -0.3 is 14.2 Å². The minimum absolute atomic E-state index is 0.0909. The first-order valence-electron chi connectivity index (χ1n) is 28.8. The Morgan fingerprint density at radius 2 is 0.582 bits per heavy atom. The van der Waals surface area contributed by atoms with E-state index in [-0.39, 0.29) is 37.5 Å². The predicted molar refractivity (Wildman–Crippen MR) is 288 cm³/mol. The van der Waals surface area contributed by atoms with Gasteiger partial charge in [0.1, 0.15) is 13.2 Å². The first-order chi connectivity index (χ1) is 33.0. The lowest BCUT2D eigenvalue weighted by Crippen LogP contribution is -2.30. The molecular formula is C61H108O6. The van der Waals surface area contributed by atoms with Gasteiger partial charge in [-0.3, -0.25) is 14.4 Å². The Hall–Kier alpha value is -2.89. The Morgan fingerprint density at radius 3 is 0.955 bits per heavy atom. The zero-order valence-corrected chi connectivity index (χ0v) is 44.4. The number of ether oxygens (including phenoxy) is 3. The standard InChI is InChI=1S/C61H108O6/c1-4-7-10-13-16-19-22-25-28-29-30-31-34-36-39-42-45-48-51-54-60(63)66-57-58(67-61(64)55-52-49-46-43-40-37-33-27-24-21-18-15-12-9-6-3)56-65-59(62)53-50-47-44-41-38-35-32-26-23-20-17-14-11-8-5-2/h9,12,18,21,26-27,32-33,40,43,58H,4-8,10-11,13-17,19-20,22-25,28-31,34-39,41-42,44-57H2,1-3H3/b12-9-,21-18-,32-26-,33-27-,43-40-. The van der Waals surface area contributed by atoms with Gasteiger partial charge in [-0.15, -0.1) is 0 Å². The van der Waals surface area contributed by atoms with E-state index in [1.807, 2.05) is 0 Å². The van der Waals surface area contributed by atoms with Crippen LogP contribution in [0.3, 0.4) is 0 Å². The molecule has 0 spiro atoms. The maximum absolute atomic E-state index is 12.8. The van der Waals surface area contributed by atoms with E-state index in [0.29, 0.717) is 19.3 Å². The van der Waals surface area contributed by atoms with E-state index in [1.54, 1.807) is 0 Å². The summed E-state index contributed by atoms with van der Waals surface area (Å²) < 4.78 is 16.8. The third kappa shape index (κ3) is 53.9. The molecule has 0 heterocycles. The molecule has 0 saturated carbocycles. The molecule has 0 saturated heterocycles. The summed E-state index contributed by atoms with van der Waals surface area (Å²) >= 11 is 0. The van der Waals surface area contributed by atoms with Crippen molar-refractivity contribution in [1.82, 2.24) is 0 Å². The SMILES string of the molecule is CC/C=C\C/C=C\C/C=C\C/C=C\CCCCC(=O)OC(COC(=O)CCCCCCC/C=C\CCCCCCCC)COC(=O)CCCCCCCCCCCCCCCCCCCCC. The van der Waals surface area contributed by atoms with Crippen LogP contribution in [0.15, 0.2) is 60.8 Å². The van der Waals surface area contributed by atoms with E-state index in [2.05, 4.69) is 81.5 Å². The van der Waals surface area contributed by atoms with Gasteiger partial charge in [0.05, 0.1) is 0 Å². The van der Waals surface area contributed by atoms with Crippen LogP contribution in [0.5, 0.6) is 0 Å². The van der Waals surface area contributed by atoms with E-state index in [4.69, 9.17) is 14.2 Å². The summed E-state index contributed by atoms with van der Waals surface area (Å²) in [6.07, 6.45) is 69.3. The summed E-state index contributed by atoms with van der Waals surface area (Å²) in [5.41, 5.74) is 0. The molecular weight excluding hydrogens is 829 g/mol. The molecule has 6 heteroatoms. The summed E-state index contributed by atoms with van der Waals surface area (Å²) in [6.45, 7) is 6.51. The molecule has 388 valence electrons. The minimum Gasteiger partial charge on any atom is -0.462 e. The Balaban J connectivity index is 4.39. The van der Waals surface area contributed by atoms with Crippen LogP contribution in [0.2, 0.25) is 0 Å². The van der Waals surface area contributed by atoms with Crippen molar-refractivity contribution >= 4 is 17.9 Å². The number of carbonyl (C=O) groups is 3. The lowest BCUT2D eigenvalue weighted by Gasteiger charge is -2.18. The van der Waals surface area contributed by atoms with Gasteiger partial charge in [0, 0.05) is 19.3 Å². The largest absolute Gasteiger partial charge is 0.462 e. The highest BCUT2D eigenvalue weighted by Gasteiger charge is 2.19. The maximum Gasteiger partial charge on any atom is 0.306 e. The summed E-state index contributed by atoms with van der Waals surface area (Å²) in [7, 11) is 0. The first-order valence-corrected chi connectivity index (χ1v) is 28.8. The van der Waals surface area contributed by atoms with E-state index in [0.717, 1.165) is 83.5 Å². The number of rotatable bonds is 52. The number of unbranched alkanes of at least 4 members (excludes halogenated alkanes) is 31. The molecule has 1 atom stereocenters. The number of hydrogen-bond acceptors (Lipinski definition) is 6. The third-order valence-corrected chi connectivity index (χ3v) is 12.5. The van der Waals surface area contributed by atoms with Crippen molar-refractivity contribution in [2.24, 2.45) is 0 Å². The monoisotopic (exact) mass is 937 g/mol. The van der Waals surface area contributed by atoms with Crippen LogP contribution in [-0.4, -0.2) is 37.2 Å². The van der Waals surface area contributed by atoms with Crippen LogP contribution < -0.4 is 0 Å². The van der Waals surface area contributed by atoms with Crippen molar-refractivity contribution in [2.75, 3.05) is 13.2 Å². The van der Waals surface area contributed by atoms with Crippen molar-refractivity contribution in [2.45, 2.75) is 297 Å². The molecule has 0 aromatic carbocycles. The number of hydrogen-bond donors (Lipinski definition) is 0. The second-order valence-electron chi connectivity index (χ2n) is 19.2. The average Bonchev–Trinajstić information content (AvgIpc) is 3.33. The van der Waals surface area contributed by atoms with Gasteiger partial charge >= 0.3 is 17.9 Å². The van der Waals surface area contributed by atoms with E-state index >= 15 is 0 Å². The van der Waals surface area contributed by atoms with Crippen molar-refractivity contribution in [3.63, 3.8) is 0 Å². The van der Waals surface area contributed by atoms with Crippen LogP contribution >= 0.6 is 0 Å². The summed E-state index contributed by atoms with van der Waals surface area (Å²) in [5.74, 6) is -0.930. The molecule has 0 aliphatic heterocycles. The summed E-state index contributed by atoms with van der Waals surface area (Å²) in [6, 6.07) is 0. The first kappa shape index (κ1) is 64.1. The van der Waals surface area contributed by atoms with Gasteiger partial charge in [-0.25, -0.2) is 0 Å². The molecule has 6 nitrogen and oxygen atoms in total. The highest BCUT2D eigenvalue weighted by atomic mass is 16.6. The van der Waals surface area contributed by atoms with Gasteiger partial charge in [0.25, 0.3) is 0 Å². The minimum atomic E-state index is -0.797. The lowest BCUT2D eigenvalue weighted by molar-refractivity contribution is -0.167. The molecule has 67 heavy (non-hydrogen) atoms. The molecule has 0 rings (SSSR count). The van der Waals surface area contributed by atoms with E-state index in [1.165, 1.54) is 161 Å². The molecule has 1 unspecified atom stereocenters. The highest BCUT2D eigenvalue weighted by Crippen LogP contribution is 2.16. The molecule has 0 aliphatic rings. The summed E-state index contributed by atoms with van der Waals surface area (Å²) in [4.78, 5) is 38.1. The zero-order valence-electron chi connectivity index (χ0n) is 44.4. The Bertz CT molecular complexity index is 1210. The Kier molecular flexibility index (Phi) is 53.3. The third-order valence-electron chi connectivity index (χ3n) is 12.5. The molecule has 0 radical (unpaired) electrons. The van der Waals surface area contributed by atoms with Crippen molar-refractivity contribution in [3.8, 4) is 0 Å². The van der Waals surface area contributed by atoms with E-state index in [9.17, 15) is 14.4 Å². The van der Waals surface area contributed by atoms with Crippen LogP contribution in [0.4, 0.5) is 0 Å². The Labute approximate surface area is 415 Å². The smallest absolute Gasteiger partial charge is 0.306 e. The van der Waals surface area contributed by atoms with Crippen molar-refractivity contribution in [1.29, 1.82) is 0 Å². The summed E-state index contributed by atoms with van der Waals surface area (Å²) in [5, 5.41) is 0. The van der Waals surface area contributed by atoms with Gasteiger partial charge in [0.2, 0.25) is 0 Å². The molecule has 0 N–H and O–H groups in total. The molecule has 0 aromatic rings. The lowest BCUT2D eigenvalue weighted by atomic mass is 10.0. The number of carbonyl (C=O) groups excluding carboxylic acids is 3. The molecule has 0 fully saturated rings. The van der Waals surface area contributed by atoms with Crippen LogP contribution in [0, 0.1) is 0 Å². The topological polar surface area (TPSA) is 78.9 Å². The highest BCUT2D eigenvalue weighted by molar-refractivity contribution is 5.71. The second-order valence-corrected chi connectivity index (χ2v) is 19.2. The van der Waals surface area contributed by atoms with Crippen LogP contribution in [0.1, 0.15) is 290 Å². The number of allylic oxidation sites excluding steroid dienone is 10. The van der Waals surface area contributed by atoms with Gasteiger partial charge in [0.15, 0.2) is 6.10 Å². The average molecular weight is 938 g/mol. The van der Waals surface area contributed by atoms with Gasteiger partial charge in [-0.05, 0) is 83.5 Å². The van der Waals surface area contributed by atoms with Crippen molar-refractivity contribution in [3.05, 3.63) is 60.8 Å².